The van der Waals surface area contributed by atoms with Crippen molar-refractivity contribution in [3.63, 3.8) is 0 Å². The molecule has 4 N–H and O–H groups in total. The summed E-state index contributed by atoms with van der Waals surface area (Å²) in [5.74, 6) is -2.11. The Morgan fingerprint density at radius 3 is 2.49 bits per heavy atom. The molecule has 2 bridgehead atoms. The first-order chi connectivity index (χ1) is 23.8. The minimum Gasteiger partial charge on any atom is -0.499 e. The average Bonchev–Trinajstić information content (AvgIpc) is 3.64. The molecule has 4 fully saturated rings. The Kier molecular flexibility index (Phi) is 13.1. The number of hydrogen-bond acceptors (Lipinski definition) is 11. The summed E-state index contributed by atoms with van der Waals surface area (Å²) in [5.41, 5.74) is 0.342. The summed E-state index contributed by atoms with van der Waals surface area (Å²) >= 11 is 0. The highest BCUT2D eigenvalue weighted by molar-refractivity contribution is 5.93. The summed E-state index contributed by atoms with van der Waals surface area (Å²) in [6.07, 6.45) is 8.15. The van der Waals surface area contributed by atoms with Gasteiger partial charge in [-0.15, -0.1) is 0 Å². The van der Waals surface area contributed by atoms with Crippen LogP contribution in [0.1, 0.15) is 89.2 Å². The predicted molar refractivity (Wildman–Crippen MR) is 178 cm³/mol. The number of carbonyl (C=O) groups excluding carboxylic acids is 3. The monoisotopic (exact) mass is 687 g/mol. The van der Waals surface area contributed by atoms with Crippen molar-refractivity contribution < 1.29 is 48.4 Å². The number of aliphatic hydroxyl groups excluding tert-OH is 2. The van der Waals surface area contributed by atoms with Gasteiger partial charge in [0.25, 0.3) is 0 Å². The van der Waals surface area contributed by atoms with Gasteiger partial charge >= 0.3 is 5.97 Å². The molecule has 0 aromatic heterocycles. The minimum absolute atomic E-state index is 0.0154. The number of ether oxygens (including phenoxy) is 4. The number of unbranched alkanes of at least 4 members (excludes halogenated alkanes) is 4. The number of hydroxylamine groups is 2. The second kappa shape index (κ2) is 17.2. The van der Waals surface area contributed by atoms with Gasteiger partial charge in [0.15, 0.2) is 11.8 Å². The zero-order valence-electron chi connectivity index (χ0n) is 28.8. The van der Waals surface area contributed by atoms with E-state index in [1.54, 1.807) is 11.1 Å². The van der Waals surface area contributed by atoms with E-state index in [0.29, 0.717) is 12.8 Å². The second-order valence-electron chi connectivity index (χ2n) is 13.4. The van der Waals surface area contributed by atoms with Crippen molar-refractivity contribution in [2.45, 2.75) is 121 Å². The van der Waals surface area contributed by atoms with Crippen LogP contribution in [0.25, 0.3) is 6.08 Å². The van der Waals surface area contributed by atoms with Crippen LogP contribution in [0.5, 0.6) is 0 Å². The maximum Gasteiger partial charge on any atom is 0.327 e. The molecule has 13 heteroatoms. The van der Waals surface area contributed by atoms with Crippen LogP contribution in [0, 0.1) is 5.41 Å². The normalized spacial score (nSPS) is 28.3. The van der Waals surface area contributed by atoms with Gasteiger partial charge in [0.1, 0.15) is 36.4 Å². The van der Waals surface area contributed by atoms with E-state index in [1.165, 1.54) is 6.26 Å². The number of hydrogen-bond donors (Lipinski definition) is 4. The SMILES string of the molecule is CCCCCC1(CCCCC)OC2C3CC4(C(=O)NCCC(=O)NCCO)C(ON(Cc5cccc(C=COCCO)c5)C4C(=O)O3)C2O1. The van der Waals surface area contributed by atoms with Crippen LogP contribution in [0.3, 0.4) is 0 Å². The van der Waals surface area contributed by atoms with Crippen LogP contribution >= 0.6 is 0 Å². The summed E-state index contributed by atoms with van der Waals surface area (Å²) < 4.78 is 25.1. The van der Waals surface area contributed by atoms with Crippen LogP contribution in [-0.4, -0.2) is 102 Å². The molecule has 3 aliphatic heterocycles. The molecule has 3 heterocycles. The predicted octanol–water partition coefficient (Wildman–Crippen LogP) is 2.72. The number of carbonyl (C=O) groups is 3. The first-order valence-corrected chi connectivity index (χ1v) is 17.9. The second-order valence-corrected chi connectivity index (χ2v) is 13.4. The highest BCUT2D eigenvalue weighted by Gasteiger charge is 2.76. The van der Waals surface area contributed by atoms with E-state index >= 15 is 0 Å². The Morgan fingerprint density at radius 1 is 1.02 bits per heavy atom. The number of esters is 1. The molecule has 1 aromatic rings. The minimum atomic E-state index is -1.34. The standard InChI is InChI=1S/C36H53N3O10/c1-3-5-7-14-35(15-8-6-4-2)47-29-27-23-36(34(44)38-16-12-28(42)37-17-18-40)31(33(43)46-27)39(49-32(36)30(29)48-35)24-26-11-9-10-25(22-26)13-20-45-21-19-41/h9-11,13,20,22,27,29-32,40-41H,3-8,12,14-19,21,23-24H2,1-2H3,(H,37,42)(H,38,44). The molecule has 1 saturated carbocycles. The highest BCUT2D eigenvalue weighted by atomic mass is 16.8. The lowest BCUT2D eigenvalue weighted by molar-refractivity contribution is -0.224. The number of rotatable bonds is 20. The zero-order chi connectivity index (χ0) is 34.9. The van der Waals surface area contributed by atoms with E-state index in [0.717, 1.165) is 49.7 Å². The summed E-state index contributed by atoms with van der Waals surface area (Å²) in [7, 11) is 0. The Labute approximate surface area is 288 Å². The smallest absolute Gasteiger partial charge is 0.327 e. The maximum atomic E-state index is 14.4. The molecule has 13 nitrogen and oxygen atoms in total. The number of amides is 2. The molecule has 6 unspecified atom stereocenters. The lowest BCUT2D eigenvalue weighted by Gasteiger charge is -2.48. The summed E-state index contributed by atoms with van der Waals surface area (Å²) in [6.45, 7) is 4.59. The van der Waals surface area contributed by atoms with E-state index < -0.39 is 53.5 Å². The van der Waals surface area contributed by atoms with Crippen molar-refractivity contribution in [2.24, 2.45) is 5.41 Å². The topological polar surface area (TPSA) is 165 Å². The maximum absolute atomic E-state index is 14.4. The molecule has 2 amide bonds. The zero-order valence-corrected chi connectivity index (χ0v) is 28.8. The number of nitrogens with one attached hydrogen (secondary N) is 2. The van der Waals surface area contributed by atoms with Crippen LogP contribution in [0.2, 0.25) is 0 Å². The molecule has 3 saturated heterocycles. The average molecular weight is 688 g/mol. The quantitative estimate of drug-likeness (QED) is 0.0905. The molecule has 1 aliphatic carbocycles. The van der Waals surface area contributed by atoms with Crippen molar-refractivity contribution in [1.29, 1.82) is 0 Å². The summed E-state index contributed by atoms with van der Waals surface area (Å²) in [6, 6.07) is 6.58. The number of nitrogens with zero attached hydrogens (tertiary/aromatic N) is 1. The van der Waals surface area contributed by atoms with Gasteiger partial charge in [-0.05, 0) is 30.0 Å². The first-order valence-electron chi connectivity index (χ1n) is 17.9. The Hall–Kier alpha value is -3.07. The molecular weight excluding hydrogens is 634 g/mol. The molecular formula is C36H53N3O10. The molecule has 272 valence electrons. The van der Waals surface area contributed by atoms with Gasteiger partial charge in [-0.25, -0.2) is 0 Å². The molecule has 6 atom stereocenters. The molecule has 0 spiro atoms. The van der Waals surface area contributed by atoms with Crippen molar-refractivity contribution in [3.8, 4) is 0 Å². The van der Waals surface area contributed by atoms with Crippen molar-refractivity contribution in [2.75, 3.05) is 32.9 Å². The Balaban J connectivity index is 1.44. The fourth-order valence-corrected chi connectivity index (χ4v) is 7.66. The van der Waals surface area contributed by atoms with Crippen molar-refractivity contribution in [3.05, 3.63) is 41.7 Å². The lowest BCUT2D eigenvalue weighted by atomic mass is 9.62. The third-order valence-electron chi connectivity index (χ3n) is 9.92. The largest absolute Gasteiger partial charge is 0.499 e. The fourth-order valence-electron chi connectivity index (χ4n) is 7.66. The van der Waals surface area contributed by atoms with E-state index in [1.807, 2.05) is 24.3 Å². The van der Waals surface area contributed by atoms with Gasteiger partial charge in [0.05, 0.1) is 26.0 Å². The first kappa shape index (κ1) is 37.2. The number of fused-ring (bicyclic) bond motifs is 4. The van der Waals surface area contributed by atoms with Gasteiger partial charge < -0.3 is 39.8 Å². The van der Waals surface area contributed by atoms with Crippen LogP contribution in [-0.2, 0) is 44.7 Å². The Bertz CT molecular complexity index is 1300. The van der Waals surface area contributed by atoms with E-state index in [-0.39, 0.29) is 58.2 Å². The van der Waals surface area contributed by atoms with Crippen LogP contribution in [0.15, 0.2) is 30.5 Å². The lowest BCUT2D eigenvalue weighted by Crippen LogP contribution is -2.69. The summed E-state index contributed by atoms with van der Waals surface area (Å²) in [5, 5.41) is 25.1. The van der Waals surface area contributed by atoms with Gasteiger partial charge in [-0.2, -0.15) is 5.06 Å². The van der Waals surface area contributed by atoms with Gasteiger partial charge in [-0.3, -0.25) is 19.2 Å². The van der Waals surface area contributed by atoms with Gasteiger partial charge in [0.2, 0.25) is 11.8 Å². The molecule has 5 rings (SSSR count). The van der Waals surface area contributed by atoms with Crippen LogP contribution in [0.4, 0.5) is 0 Å². The van der Waals surface area contributed by atoms with Crippen molar-refractivity contribution >= 4 is 23.9 Å². The number of benzene rings is 1. The van der Waals surface area contributed by atoms with E-state index in [4.69, 9.17) is 34.0 Å². The van der Waals surface area contributed by atoms with E-state index in [2.05, 4.69) is 24.5 Å². The summed E-state index contributed by atoms with van der Waals surface area (Å²) in [4.78, 5) is 47.3. The molecule has 0 radical (unpaired) electrons. The van der Waals surface area contributed by atoms with Gasteiger partial charge in [0, 0.05) is 38.8 Å². The third-order valence-corrected chi connectivity index (χ3v) is 9.92. The molecule has 1 aromatic carbocycles. The Morgan fingerprint density at radius 2 is 1.78 bits per heavy atom. The molecule has 49 heavy (non-hydrogen) atoms. The van der Waals surface area contributed by atoms with Crippen LogP contribution < -0.4 is 10.6 Å². The fraction of sp³-hybridized carbons (Fsp3) is 0.694. The van der Waals surface area contributed by atoms with Crippen molar-refractivity contribution in [1.82, 2.24) is 15.7 Å². The van der Waals surface area contributed by atoms with Gasteiger partial charge in [-0.1, -0.05) is 63.8 Å². The molecule has 4 aliphatic rings. The van der Waals surface area contributed by atoms with E-state index in [9.17, 15) is 14.4 Å². The highest BCUT2D eigenvalue weighted by Crippen LogP contribution is 2.58. The third kappa shape index (κ3) is 8.29. The number of aliphatic hydroxyl groups is 2.